The molecule has 0 nitrogen and oxygen atoms in total. The first-order valence-electron chi connectivity index (χ1n) is 8.62. The maximum absolute atomic E-state index is 2.43. The third-order valence-electron chi connectivity index (χ3n) is 5.09. The molecule has 20 heavy (non-hydrogen) atoms. The normalized spacial score (nSPS) is 17.5. The quantitative estimate of drug-likeness (QED) is 0.584. The van der Waals surface area contributed by atoms with Crippen molar-refractivity contribution in [2.75, 3.05) is 0 Å². The number of benzene rings is 1. The highest BCUT2D eigenvalue weighted by Gasteiger charge is 2.35. The van der Waals surface area contributed by atoms with E-state index in [9.17, 15) is 0 Å². The number of rotatable bonds is 6. The number of hydrogen-bond acceptors (Lipinski definition) is 0. The van der Waals surface area contributed by atoms with Crippen LogP contribution in [-0.4, -0.2) is 0 Å². The van der Waals surface area contributed by atoms with Crippen LogP contribution in [0.4, 0.5) is 0 Å². The molecule has 0 saturated heterocycles. The summed E-state index contributed by atoms with van der Waals surface area (Å²) in [7, 11) is 0. The molecule has 1 aliphatic rings. The third kappa shape index (κ3) is 3.65. The Bertz CT molecular complexity index is 402. The number of hydrogen-bond donors (Lipinski definition) is 0. The van der Waals surface area contributed by atoms with Gasteiger partial charge in [-0.2, -0.15) is 0 Å². The minimum absolute atomic E-state index is 0.476. The zero-order valence-corrected chi connectivity index (χ0v) is 13.9. The smallest absolute Gasteiger partial charge is 0.00439 e. The monoisotopic (exact) mass is 272 g/mol. The van der Waals surface area contributed by atoms with Crippen molar-refractivity contribution in [2.45, 2.75) is 78.1 Å². The first-order chi connectivity index (χ1) is 9.53. The van der Waals surface area contributed by atoms with E-state index in [0.717, 1.165) is 11.8 Å². The zero-order valence-electron chi connectivity index (χ0n) is 13.9. The molecule has 0 amide bonds. The Morgan fingerprint density at radius 2 is 1.55 bits per heavy atom. The largest absolute Gasteiger partial charge is 0.0628 e. The third-order valence-corrected chi connectivity index (χ3v) is 5.09. The molecule has 0 heterocycles. The average Bonchev–Trinajstić information content (AvgIpc) is 2.43. The molecule has 0 heteroatoms. The van der Waals surface area contributed by atoms with Crippen LogP contribution in [0.1, 0.15) is 77.3 Å². The fraction of sp³-hybridized carbons (Fsp3) is 0.700. The summed E-state index contributed by atoms with van der Waals surface area (Å²) in [5, 5.41) is 0. The summed E-state index contributed by atoms with van der Waals surface area (Å²) in [6, 6.07) is 9.27. The highest BCUT2D eigenvalue weighted by molar-refractivity contribution is 5.36. The maximum Gasteiger partial charge on any atom is -0.00439 e. The minimum atomic E-state index is 0.476. The van der Waals surface area contributed by atoms with Gasteiger partial charge in [-0.25, -0.2) is 0 Å². The van der Waals surface area contributed by atoms with Crippen molar-refractivity contribution in [3.8, 4) is 0 Å². The Morgan fingerprint density at radius 1 is 0.950 bits per heavy atom. The van der Waals surface area contributed by atoms with Gasteiger partial charge in [-0.1, -0.05) is 64.8 Å². The number of aryl methyl sites for hydroxylation is 1. The Balaban J connectivity index is 2.26. The molecule has 0 radical (unpaired) electrons. The average molecular weight is 272 g/mol. The van der Waals surface area contributed by atoms with Crippen molar-refractivity contribution >= 4 is 0 Å². The van der Waals surface area contributed by atoms with Gasteiger partial charge < -0.3 is 0 Å². The van der Waals surface area contributed by atoms with Gasteiger partial charge in [0.25, 0.3) is 0 Å². The zero-order chi connectivity index (χ0) is 14.6. The lowest BCUT2D eigenvalue weighted by Gasteiger charge is -2.40. The van der Waals surface area contributed by atoms with Crippen LogP contribution in [0.25, 0.3) is 0 Å². The van der Waals surface area contributed by atoms with Crippen molar-refractivity contribution < 1.29 is 0 Å². The second-order valence-corrected chi connectivity index (χ2v) is 7.66. The van der Waals surface area contributed by atoms with Crippen LogP contribution < -0.4 is 0 Å². The van der Waals surface area contributed by atoms with Gasteiger partial charge in [-0.3, -0.25) is 0 Å². The van der Waals surface area contributed by atoms with Gasteiger partial charge in [0.2, 0.25) is 0 Å². The molecule has 1 aromatic carbocycles. The minimum Gasteiger partial charge on any atom is -0.0628 e. The molecule has 0 unspecified atom stereocenters. The van der Waals surface area contributed by atoms with Gasteiger partial charge in [0.05, 0.1) is 0 Å². The fourth-order valence-electron chi connectivity index (χ4n) is 3.78. The molecule has 2 rings (SSSR count). The lowest BCUT2D eigenvalue weighted by molar-refractivity contribution is 0.270. The second kappa shape index (κ2) is 6.78. The molecule has 0 N–H and O–H groups in total. The van der Waals surface area contributed by atoms with E-state index in [1.807, 2.05) is 0 Å². The standard InChI is InChI=1S/C20H32/c1-16(2)11-14-20(15-12-17(3)4)13-7-9-18-8-5-6-10-19(18)20/h5-6,8,10,16-17H,7,9,11-15H2,1-4H3. The van der Waals surface area contributed by atoms with Crippen LogP contribution in [0.15, 0.2) is 24.3 Å². The molecule has 0 saturated carbocycles. The molecule has 0 bridgehead atoms. The molecule has 0 atom stereocenters. The first-order valence-corrected chi connectivity index (χ1v) is 8.62. The Kier molecular flexibility index (Phi) is 5.29. The Hall–Kier alpha value is -0.780. The van der Waals surface area contributed by atoms with Crippen molar-refractivity contribution in [1.29, 1.82) is 0 Å². The van der Waals surface area contributed by atoms with E-state index in [-0.39, 0.29) is 0 Å². The predicted molar refractivity (Wildman–Crippen MR) is 89.2 cm³/mol. The first kappa shape index (κ1) is 15.6. The van der Waals surface area contributed by atoms with Crippen molar-refractivity contribution in [1.82, 2.24) is 0 Å². The molecule has 112 valence electrons. The summed E-state index contributed by atoms with van der Waals surface area (Å²) < 4.78 is 0. The van der Waals surface area contributed by atoms with E-state index in [4.69, 9.17) is 0 Å². The second-order valence-electron chi connectivity index (χ2n) is 7.66. The van der Waals surface area contributed by atoms with Crippen molar-refractivity contribution in [2.24, 2.45) is 11.8 Å². The van der Waals surface area contributed by atoms with Crippen LogP contribution in [0, 0.1) is 11.8 Å². The van der Waals surface area contributed by atoms with Crippen LogP contribution in [0.2, 0.25) is 0 Å². The lowest BCUT2D eigenvalue weighted by atomic mass is 9.64. The molecule has 0 aliphatic heterocycles. The summed E-state index contributed by atoms with van der Waals surface area (Å²) >= 11 is 0. The summed E-state index contributed by atoms with van der Waals surface area (Å²) in [5.74, 6) is 1.64. The highest BCUT2D eigenvalue weighted by Crippen LogP contribution is 2.45. The van der Waals surface area contributed by atoms with Gasteiger partial charge in [-0.05, 0) is 60.5 Å². The fourth-order valence-corrected chi connectivity index (χ4v) is 3.78. The lowest BCUT2D eigenvalue weighted by Crippen LogP contribution is -2.32. The SMILES string of the molecule is CC(C)CCC1(CCC(C)C)CCCc2ccccc21. The van der Waals surface area contributed by atoms with Gasteiger partial charge in [0, 0.05) is 0 Å². The molecule has 1 aliphatic carbocycles. The molecular weight excluding hydrogens is 240 g/mol. The Labute approximate surface area is 126 Å². The van der Waals surface area contributed by atoms with E-state index in [1.54, 1.807) is 11.1 Å². The number of fused-ring (bicyclic) bond motifs is 1. The summed E-state index contributed by atoms with van der Waals surface area (Å²) in [6.07, 6.45) is 9.58. The van der Waals surface area contributed by atoms with Gasteiger partial charge >= 0.3 is 0 Å². The van der Waals surface area contributed by atoms with E-state index in [1.165, 1.54) is 44.9 Å². The van der Waals surface area contributed by atoms with E-state index < -0.39 is 0 Å². The van der Waals surface area contributed by atoms with Crippen LogP contribution in [0.5, 0.6) is 0 Å². The van der Waals surface area contributed by atoms with E-state index in [0.29, 0.717) is 5.41 Å². The van der Waals surface area contributed by atoms with Crippen LogP contribution in [-0.2, 0) is 11.8 Å². The Morgan fingerprint density at radius 3 is 2.15 bits per heavy atom. The van der Waals surface area contributed by atoms with Crippen molar-refractivity contribution in [3.05, 3.63) is 35.4 Å². The molecule has 0 fully saturated rings. The van der Waals surface area contributed by atoms with E-state index >= 15 is 0 Å². The van der Waals surface area contributed by atoms with Crippen molar-refractivity contribution in [3.63, 3.8) is 0 Å². The molecule has 1 aromatic rings. The predicted octanol–water partition coefficient (Wildman–Crippen LogP) is 6.13. The van der Waals surface area contributed by atoms with E-state index in [2.05, 4.69) is 52.0 Å². The molecular formula is C20H32. The summed E-state index contributed by atoms with van der Waals surface area (Å²) in [4.78, 5) is 0. The van der Waals surface area contributed by atoms with Gasteiger partial charge in [-0.15, -0.1) is 0 Å². The molecule has 0 spiro atoms. The summed E-state index contributed by atoms with van der Waals surface area (Å²) in [5.41, 5.74) is 3.79. The molecule has 0 aromatic heterocycles. The summed E-state index contributed by atoms with van der Waals surface area (Å²) in [6.45, 7) is 9.46. The van der Waals surface area contributed by atoms with Crippen LogP contribution >= 0.6 is 0 Å². The van der Waals surface area contributed by atoms with Gasteiger partial charge in [0.1, 0.15) is 0 Å². The highest BCUT2D eigenvalue weighted by atomic mass is 14.4. The van der Waals surface area contributed by atoms with Crippen LogP contribution in [0.3, 0.4) is 0 Å². The topological polar surface area (TPSA) is 0 Å². The maximum atomic E-state index is 2.43. The van der Waals surface area contributed by atoms with Gasteiger partial charge in [0.15, 0.2) is 0 Å².